The molecule has 2 spiro atoms. The first kappa shape index (κ1) is 54.2. The Morgan fingerprint density at radius 2 is 0.876 bits per heavy atom. The normalized spacial score (nSPS) is 16.2. The lowest BCUT2D eigenvalue weighted by molar-refractivity contribution is 0.436. The molecule has 6 heteroatoms. The van der Waals surface area contributed by atoms with Gasteiger partial charge in [0, 0.05) is 56.0 Å². The molecule has 5 heterocycles. The van der Waals surface area contributed by atoms with Crippen LogP contribution in [-0.4, -0.2) is 19.6 Å². The van der Waals surface area contributed by atoms with Crippen molar-refractivity contribution in [2.75, 3.05) is 0 Å². The molecular formula is C91H58N4O2. The van der Waals surface area contributed by atoms with E-state index in [1.807, 2.05) is 0 Å². The van der Waals surface area contributed by atoms with Crippen LogP contribution in [0, 0.1) is 0 Å². The Kier molecular flexibility index (Phi) is 11.5. The van der Waals surface area contributed by atoms with Crippen molar-refractivity contribution in [2.45, 2.75) is 35.5 Å². The van der Waals surface area contributed by atoms with E-state index in [1.165, 1.54) is 88.5 Å². The minimum absolute atomic E-state index is 0.00537. The predicted molar refractivity (Wildman–Crippen MR) is 389 cm³/mol. The van der Waals surface area contributed by atoms with Gasteiger partial charge in [-0.3, -0.25) is 4.40 Å². The van der Waals surface area contributed by atoms with Gasteiger partial charge in [0.05, 0.1) is 38.6 Å². The first-order valence-electron chi connectivity index (χ1n) is 33.8. The molecule has 0 amide bonds. The van der Waals surface area contributed by atoms with Crippen LogP contribution in [0.1, 0.15) is 85.0 Å². The molecule has 0 saturated heterocycles. The van der Waals surface area contributed by atoms with E-state index in [0.29, 0.717) is 0 Å². The van der Waals surface area contributed by atoms with Crippen LogP contribution in [0.2, 0.25) is 0 Å². The molecule has 454 valence electrons. The molecule has 2 aliphatic heterocycles. The molecule has 97 heavy (non-hydrogen) atoms. The lowest BCUT2D eigenvalue weighted by Gasteiger charge is -2.39. The molecule has 0 radical (unpaired) electrons. The predicted octanol–water partition coefficient (Wildman–Crippen LogP) is 20.0. The summed E-state index contributed by atoms with van der Waals surface area (Å²) in [6.07, 6.45) is 11.4. The number of pyridine rings is 1. The third-order valence-corrected chi connectivity index (χ3v) is 22.0. The summed E-state index contributed by atoms with van der Waals surface area (Å²) in [6.45, 7) is 0. The van der Waals surface area contributed by atoms with Gasteiger partial charge in [-0.1, -0.05) is 273 Å². The van der Waals surface area contributed by atoms with E-state index in [-0.39, 0.29) is 11.8 Å². The summed E-state index contributed by atoms with van der Waals surface area (Å²) >= 11 is 0. The van der Waals surface area contributed by atoms with Gasteiger partial charge in [-0.15, -0.1) is 10.2 Å². The van der Waals surface area contributed by atoms with E-state index in [1.54, 1.807) is 0 Å². The largest absolute Gasteiger partial charge is 0.457 e. The molecule has 0 N–H and O–H groups in total. The van der Waals surface area contributed by atoms with Crippen molar-refractivity contribution in [3.63, 3.8) is 0 Å². The van der Waals surface area contributed by atoms with Gasteiger partial charge in [0.1, 0.15) is 28.6 Å². The molecule has 0 bridgehead atoms. The Hall–Kier alpha value is -12.3. The number of nitrogens with zero attached hydrogens (tertiary/aromatic N) is 4. The number of benzene rings is 12. The maximum absolute atomic E-state index is 6.90. The minimum atomic E-state index is -0.506. The summed E-state index contributed by atoms with van der Waals surface area (Å²) < 4.78 is 16.2. The quantitative estimate of drug-likeness (QED) is 0.166. The Labute approximate surface area is 560 Å². The number of rotatable bonds is 6. The fourth-order valence-corrected chi connectivity index (χ4v) is 17.7. The summed E-state index contributed by atoms with van der Waals surface area (Å²) in [6, 6.07) is 106. The number of aromatic nitrogens is 4. The van der Waals surface area contributed by atoms with Gasteiger partial charge >= 0.3 is 0 Å². The van der Waals surface area contributed by atoms with Crippen LogP contribution in [-0.2, 0) is 17.3 Å². The first-order chi connectivity index (χ1) is 48.1. The lowest BCUT2D eigenvalue weighted by atomic mass is 9.66. The molecule has 3 aromatic heterocycles. The summed E-state index contributed by atoms with van der Waals surface area (Å²) in [5, 5.41) is 12.6. The van der Waals surface area contributed by atoms with Crippen LogP contribution in [0.4, 0.5) is 0 Å². The fraction of sp³-hybridized carbons (Fsp3) is 0.0659. The summed E-state index contributed by atoms with van der Waals surface area (Å²) in [5.74, 6) is 3.69. The lowest BCUT2D eigenvalue weighted by Crippen LogP contribution is -2.38. The Balaban J connectivity index is 0.611. The molecule has 12 aromatic carbocycles. The second-order valence-electron chi connectivity index (χ2n) is 26.7. The zero-order chi connectivity index (χ0) is 63.5. The SMILES string of the molecule is C1=CC(c2cc(-c3ccc(-c4ccc5c(c4)Oc4ccccc4C54c5ccccc5-c5ccccc54)cc3)nnc2-c2ccccc2)Cc2c1c1c(n3c2nc2ccccc23)=CC(c2ccc(-c3ccc4c(c3)Oc3ccccc3C43c4ccccc4-c4ccccc43)cc2)CC=1. The number of fused-ring (bicyclic) bond motifs is 26. The van der Waals surface area contributed by atoms with Gasteiger partial charge in [0.25, 0.3) is 0 Å². The third-order valence-electron chi connectivity index (χ3n) is 22.0. The van der Waals surface area contributed by atoms with E-state index in [2.05, 4.69) is 320 Å². The highest BCUT2D eigenvalue weighted by molar-refractivity contribution is 5.92. The van der Waals surface area contributed by atoms with E-state index < -0.39 is 10.8 Å². The van der Waals surface area contributed by atoms with Gasteiger partial charge in [0.15, 0.2) is 0 Å². The molecule has 6 aliphatic rings. The van der Waals surface area contributed by atoms with Crippen molar-refractivity contribution in [3.8, 4) is 90.0 Å². The monoisotopic (exact) mass is 1240 g/mol. The summed E-state index contributed by atoms with van der Waals surface area (Å²) in [7, 11) is 0. The van der Waals surface area contributed by atoms with Gasteiger partial charge < -0.3 is 9.47 Å². The van der Waals surface area contributed by atoms with Gasteiger partial charge in [-0.2, -0.15) is 0 Å². The highest BCUT2D eigenvalue weighted by atomic mass is 16.5. The van der Waals surface area contributed by atoms with Crippen LogP contribution in [0.3, 0.4) is 0 Å². The smallest absolute Gasteiger partial charge is 0.142 e. The average Bonchev–Trinajstić information content (AvgIpc) is 1.59. The van der Waals surface area contributed by atoms with Gasteiger partial charge in [-0.05, 0) is 139 Å². The van der Waals surface area contributed by atoms with Crippen molar-refractivity contribution < 1.29 is 9.47 Å². The van der Waals surface area contributed by atoms with Gasteiger partial charge in [-0.25, -0.2) is 4.98 Å². The van der Waals surface area contributed by atoms with Crippen LogP contribution in [0.5, 0.6) is 23.0 Å². The summed E-state index contributed by atoms with van der Waals surface area (Å²) in [4.78, 5) is 5.49. The van der Waals surface area contributed by atoms with Crippen molar-refractivity contribution in [3.05, 3.63) is 375 Å². The number of hydrogen-bond donors (Lipinski definition) is 0. The Morgan fingerprint density at radius 1 is 0.392 bits per heavy atom. The van der Waals surface area contributed by atoms with Crippen LogP contribution >= 0.6 is 0 Å². The molecule has 6 nitrogen and oxygen atoms in total. The van der Waals surface area contributed by atoms with E-state index >= 15 is 0 Å². The van der Waals surface area contributed by atoms with Crippen LogP contribution in [0.15, 0.2) is 297 Å². The van der Waals surface area contributed by atoms with E-state index in [9.17, 15) is 0 Å². The molecule has 0 fully saturated rings. The number of ether oxygens (including phenoxy) is 2. The van der Waals surface area contributed by atoms with Gasteiger partial charge in [0.2, 0.25) is 0 Å². The van der Waals surface area contributed by atoms with E-state index in [0.717, 1.165) is 108 Å². The van der Waals surface area contributed by atoms with E-state index in [4.69, 9.17) is 24.7 Å². The number of allylic oxidation sites excluding steroid dienone is 1. The number of para-hydroxylation sites is 4. The second kappa shape index (κ2) is 20.6. The first-order valence-corrected chi connectivity index (χ1v) is 33.8. The van der Waals surface area contributed by atoms with Crippen molar-refractivity contribution >= 4 is 34.9 Å². The second-order valence-corrected chi connectivity index (χ2v) is 26.7. The molecule has 21 rings (SSSR count). The minimum Gasteiger partial charge on any atom is -0.457 e. The maximum Gasteiger partial charge on any atom is 0.142 e. The molecule has 15 aromatic rings. The molecular weight excluding hydrogens is 1180 g/mol. The van der Waals surface area contributed by atoms with Crippen LogP contribution in [0.25, 0.3) is 102 Å². The van der Waals surface area contributed by atoms with Crippen molar-refractivity contribution in [2.24, 2.45) is 0 Å². The molecule has 2 unspecified atom stereocenters. The molecule has 4 aliphatic carbocycles. The Bertz CT molecular complexity index is 5950. The highest BCUT2D eigenvalue weighted by Crippen LogP contribution is 2.64. The zero-order valence-corrected chi connectivity index (χ0v) is 52.7. The average molecular weight is 1240 g/mol. The highest BCUT2D eigenvalue weighted by Gasteiger charge is 2.52. The Morgan fingerprint density at radius 3 is 1.46 bits per heavy atom. The molecule has 0 saturated carbocycles. The van der Waals surface area contributed by atoms with Crippen molar-refractivity contribution in [1.29, 1.82) is 0 Å². The standard InChI is InChI=1S/C91H58N4O2/c1-2-18-59(19-3-1)88-70(54-81(93-94-88)58-40-38-57(39-41-58)62-45-49-79-87(53-62)97-85-33-17-13-29-77(85)91(79)74-26-10-6-22-67(74)68-23-7-11-27-75(68)91)63-43-46-64-69-47-42-60(51-83(69)95-82-31-15-14-30-80(82)92-89(95)71(64)50-63)55-34-36-56(37-35-55)61-44-48-78-86(52-61)96-84-32-16-12-28-76(84)90(78)72-24-8-4-20-65(72)66-21-5-9-25-73(66)90/h1-41,43-49,51-54,60,63H,42,50H2. The van der Waals surface area contributed by atoms with Crippen molar-refractivity contribution in [1.82, 2.24) is 19.6 Å². The number of imidazole rings is 1. The fourth-order valence-electron chi connectivity index (χ4n) is 17.7. The topological polar surface area (TPSA) is 61.5 Å². The summed E-state index contributed by atoms with van der Waals surface area (Å²) in [5.41, 5.74) is 30.1. The molecule has 2 atom stereocenters. The maximum atomic E-state index is 6.90. The number of hydrogen-bond acceptors (Lipinski definition) is 5. The van der Waals surface area contributed by atoms with Crippen LogP contribution < -0.4 is 20.0 Å². The zero-order valence-electron chi connectivity index (χ0n) is 52.7. The third kappa shape index (κ3) is 7.69.